The number of halogens is 1. The number of aromatic nitrogens is 2. The zero-order valence-corrected chi connectivity index (χ0v) is 17.4. The average molecular weight is 404 g/mol. The molecule has 1 unspecified atom stereocenters. The number of H-pyrrole nitrogens is 1. The molecule has 1 fully saturated rings. The number of carbonyl (C=O) groups is 1. The number of nitrogens with one attached hydrogen (secondary N) is 2. The number of rotatable bonds is 6. The lowest BCUT2D eigenvalue weighted by molar-refractivity contribution is -0.135. The van der Waals surface area contributed by atoms with Crippen molar-refractivity contribution in [1.29, 1.82) is 5.41 Å². The Morgan fingerprint density at radius 1 is 1.38 bits per heavy atom. The fourth-order valence-electron chi connectivity index (χ4n) is 4.13. The molecule has 0 amide bonds. The molecule has 0 bridgehead atoms. The van der Waals surface area contributed by atoms with Gasteiger partial charge in [-0.3, -0.25) is 14.9 Å². The van der Waals surface area contributed by atoms with E-state index in [2.05, 4.69) is 4.98 Å². The smallest absolute Gasteiger partial charge is 0.355 e. The van der Waals surface area contributed by atoms with E-state index in [1.807, 2.05) is 30.0 Å². The van der Waals surface area contributed by atoms with Gasteiger partial charge >= 0.3 is 11.7 Å². The SMILES string of the molecule is CCOC(=O)C(=N)C(F)C(C)(C)N1CCC(n2c(=O)[nH]c3cc(C)ccc32)CC1. The third-order valence-corrected chi connectivity index (χ3v) is 5.89. The van der Waals surface area contributed by atoms with E-state index >= 15 is 0 Å². The van der Waals surface area contributed by atoms with Crippen LogP contribution >= 0.6 is 0 Å². The van der Waals surface area contributed by atoms with Gasteiger partial charge in [0.05, 0.1) is 23.2 Å². The first-order chi connectivity index (χ1) is 13.7. The van der Waals surface area contributed by atoms with Crippen LogP contribution in [0.1, 0.15) is 45.2 Å². The first kappa shape index (κ1) is 21.2. The summed E-state index contributed by atoms with van der Waals surface area (Å²) in [5.41, 5.74) is 0.991. The lowest BCUT2D eigenvalue weighted by atomic mass is 9.89. The molecule has 1 aliphatic heterocycles. The molecule has 158 valence electrons. The number of carbonyl (C=O) groups excluding carboxylic acids is 1. The Balaban J connectivity index is 1.73. The number of piperidine rings is 1. The quantitative estimate of drug-likeness (QED) is 0.572. The van der Waals surface area contributed by atoms with Crippen molar-refractivity contribution in [3.63, 3.8) is 0 Å². The third-order valence-electron chi connectivity index (χ3n) is 5.89. The molecule has 8 heteroatoms. The van der Waals surface area contributed by atoms with Crippen molar-refractivity contribution in [3.05, 3.63) is 34.2 Å². The molecule has 2 aromatic rings. The van der Waals surface area contributed by atoms with Crippen LogP contribution in [0.15, 0.2) is 23.0 Å². The fourth-order valence-corrected chi connectivity index (χ4v) is 4.13. The van der Waals surface area contributed by atoms with Crippen molar-refractivity contribution in [1.82, 2.24) is 14.5 Å². The molecule has 1 atom stereocenters. The number of imidazole rings is 1. The minimum atomic E-state index is -1.75. The molecule has 2 N–H and O–H groups in total. The number of hydrogen-bond donors (Lipinski definition) is 2. The molecule has 1 aliphatic rings. The summed E-state index contributed by atoms with van der Waals surface area (Å²) in [4.78, 5) is 29.1. The van der Waals surface area contributed by atoms with E-state index in [4.69, 9.17) is 10.1 Å². The topological polar surface area (TPSA) is 91.2 Å². The van der Waals surface area contributed by atoms with E-state index < -0.39 is 23.4 Å². The van der Waals surface area contributed by atoms with E-state index in [1.165, 1.54) is 0 Å². The summed E-state index contributed by atoms with van der Waals surface area (Å²) in [6, 6.07) is 5.92. The number of aromatic amines is 1. The van der Waals surface area contributed by atoms with Crippen molar-refractivity contribution < 1.29 is 13.9 Å². The van der Waals surface area contributed by atoms with Crippen LogP contribution in [0.5, 0.6) is 0 Å². The third kappa shape index (κ3) is 3.99. The Kier molecular flexibility index (Phi) is 5.93. The number of nitrogens with zero attached hydrogens (tertiary/aromatic N) is 2. The highest BCUT2D eigenvalue weighted by Gasteiger charge is 2.42. The van der Waals surface area contributed by atoms with Gasteiger partial charge < -0.3 is 9.72 Å². The zero-order valence-electron chi connectivity index (χ0n) is 17.4. The second-order valence-corrected chi connectivity index (χ2v) is 8.19. The van der Waals surface area contributed by atoms with Crippen LogP contribution in [0.4, 0.5) is 4.39 Å². The molecule has 0 saturated carbocycles. The second kappa shape index (κ2) is 8.10. The summed E-state index contributed by atoms with van der Waals surface area (Å²) in [6.07, 6.45) is -0.385. The number of likely N-dealkylation sites (tertiary alicyclic amines) is 1. The molecule has 3 rings (SSSR count). The van der Waals surface area contributed by atoms with Gasteiger partial charge in [-0.1, -0.05) is 6.07 Å². The Bertz CT molecular complexity index is 970. The number of fused-ring (bicyclic) bond motifs is 1. The standard InChI is InChI=1S/C21H29FN4O3/c1-5-29-19(27)17(23)18(22)21(3,4)25-10-8-14(9-11-25)26-16-7-6-13(2)12-15(16)24-20(26)28/h6-7,12,14,18,23H,5,8-11H2,1-4H3,(H,24,28). The van der Waals surface area contributed by atoms with E-state index in [0.717, 1.165) is 16.6 Å². The Morgan fingerprint density at radius 2 is 2.03 bits per heavy atom. The maximum Gasteiger partial charge on any atom is 0.355 e. The maximum atomic E-state index is 15.0. The predicted molar refractivity (Wildman–Crippen MR) is 110 cm³/mol. The van der Waals surface area contributed by atoms with E-state index in [1.54, 1.807) is 25.3 Å². The highest BCUT2D eigenvalue weighted by atomic mass is 19.1. The van der Waals surface area contributed by atoms with Gasteiger partial charge in [-0.05, 0) is 58.2 Å². The van der Waals surface area contributed by atoms with E-state index in [9.17, 15) is 14.0 Å². The maximum absolute atomic E-state index is 15.0. The van der Waals surface area contributed by atoms with Crippen LogP contribution in [-0.4, -0.2) is 57.5 Å². The summed E-state index contributed by atoms with van der Waals surface area (Å²) in [5, 5.41) is 7.84. The van der Waals surface area contributed by atoms with Crippen LogP contribution < -0.4 is 5.69 Å². The molecule has 2 heterocycles. The minimum Gasteiger partial charge on any atom is -0.461 e. The van der Waals surface area contributed by atoms with Gasteiger partial charge in [0.25, 0.3) is 0 Å². The van der Waals surface area contributed by atoms with Gasteiger partial charge in [-0.2, -0.15) is 0 Å². The van der Waals surface area contributed by atoms with E-state index in [-0.39, 0.29) is 18.3 Å². The van der Waals surface area contributed by atoms with Gasteiger partial charge in [-0.25, -0.2) is 14.0 Å². The predicted octanol–water partition coefficient (Wildman–Crippen LogP) is 2.97. The molecule has 1 aromatic carbocycles. The molecule has 0 aliphatic carbocycles. The summed E-state index contributed by atoms with van der Waals surface area (Å²) in [5.74, 6) is -0.913. The Labute approximate surface area is 169 Å². The van der Waals surface area contributed by atoms with Gasteiger partial charge in [0, 0.05) is 19.1 Å². The highest BCUT2D eigenvalue weighted by Crippen LogP contribution is 2.31. The largest absolute Gasteiger partial charge is 0.461 e. The van der Waals surface area contributed by atoms with Crippen LogP contribution in [0.25, 0.3) is 11.0 Å². The average Bonchev–Trinajstić information content (AvgIpc) is 3.01. The number of benzene rings is 1. The van der Waals surface area contributed by atoms with Crippen molar-refractivity contribution in [2.24, 2.45) is 0 Å². The molecule has 0 spiro atoms. The summed E-state index contributed by atoms with van der Waals surface area (Å²) < 4.78 is 21.6. The van der Waals surface area contributed by atoms with Gasteiger partial charge in [-0.15, -0.1) is 0 Å². The van der Waals surface area contributed by atoms with Crippen molar-refractivity contribution in [3.8, 4) is 0 Å². The zero-order chi connectivity index (χ0) is 21.3. The minimum absolute atomic E-state index is 0.0218. The molecule has 1 saturated heterocycles. The first-order valence-corrected chi connectivity index (χ1v) is 10.0. The lowest BCUT2D eigenvalue weighted by Gasteiger charge is -2.44. The highest BCUT2D eigenvalue weighted by molar-refractivity contribution is 6.37. The van der Waals surface area contributed by atoms with E-state index in [0.29, 0.717) is 25.9 Å². The monoisotopic (exact) mass is 404 g/mol. The fraction of sp³-hybridized carbons (Fsp3) is 0.571. The van der Waals surface area contributed by atoms with Crippen LogP contribution in [0.2, 0.25) is 0 Å². The van der Waals surface area contributed by atoms with Crippen LogP contribution in [0.3, 0.4) is 0 Å². The van der Waals surface area contributed by atoms with Crippen molar-refractivity contribution >= 4 is 22.7 Å². The van der Waals surface area contributed by atoms with Gasteiger partial charge in [0.1, 0.15) is 0 Å². The number of esters is 1. The molecule has 29 heavy (non-hydrogen) atoms. The Morgan fingerprint density at radius 3 is 2.66 bits per heavy atom. The van der Waals surface area contributed by atoms with Crippen LogP contribution in [0, 0.1) is 12.3 Å². The van der Waals surface area contributed by atoms with Crippen LogP contribution in [-0.2, 0) is 9.53 Å². The summed E-state index contributed by atoms with van der Waals surface area (Å²) in [6.45, 7) is 8.26. The number of ether oxygens (including phenoxy) is 1. The normalized spacial score (nSPS) is 17.4. The molecular formula is C21H29FN4O3. The van der Waals surface area contributed by atoms with Gasteiger partial charge in [0.2, 0.25) is 0 Å². The summed E-state index contributed by atoms with van der Waals surface area (Å²) >= 11 is 0. The first-order valence-electron chi connectivity index (χ1n) is 10.0. The van der Waals surface area contributed by atoms with Gasteiger partial charge in [0.15, 0.2) is 11.9 Å². The number of aryl methyl sites for hydroxylation is 1. The molecular weight excluding hydrogens is 375 g/mol. The molecule has 0 radical (unpaired) electrons. The number of hydrogen-bond acceptors (Lipinski definition) is 5. The Hall–Kier alpha value is -2.48. The second-order valence-electron chi connectivity index (χ2n) is 8.19. The number of alkyl halides is 1. The lowest BCUT2D eigenvalue weighted by Crippen LogP contribution is -2.57. The summed E-state index contributed by atoms with van der Waals surface area (Å²) in [7, 11) is 0. The van der Waals surface area contributed by atoms with Crippen molar-refractivity contribution in [2.45, 2.75) is 58.3 Å². The van der Waals surface area contributed by atoms with Crippen molar-refractivity contribution in [2.75, 3.05) is 19.7 Å². The molecule has 7 nitrogen and oxygen atoms in total. The molecule has 1 aromatic heterocycles.